The van der Waals surface area contributed by atoms with Gasteiger partial charge in [0.15, 0.2) is 23.7 Å². The van der Waals surface area contributed by atoms with Crippen LogP contribution in [-0.4, -0.2) is 36.8 Å². The Labute approximate surface area is 119 Å². The summed E-state index contributed by atoms with van der Waals surface area (Å²) in [5, 5.41) is 19.1. The lowest BCUT2D eigenvalue weighted by Gasteiger charge is -2.17. The fraction of sp³-hybridized carbons (Fsp3) is 0.462. The highest BCUT2D eigenvalue weighted by molar-refractivity contribution is 5.97. The number of amidine groups is 1. The fourth-order valence-electron chi connectivity index (χ4n) is 1.88. The van der Waals surface area contributed by atoms with Crippen LogP contribution in [0.5, 0.6) is 0 Å². The molecule has 3 N–H and O–H groups in total. The molecule has 21 heavy (non-hydrogen) atoms. The van der Waals surface area contributed by atoms with Crippen molar-refractivity contribution in [2.45, 2.75) is 19.3 Å². The minimum Gasteiger partial charge on any atom is -0.394 e. The molecule has 1 aliphatic heterocycles. The maximum atomic E-state index is 13.8. The molecule has 0 unspecified atom stereocenters. The Bertz CT molecular complexity index is 548. The predicted molar refractivity (Wildman–Crippen MR) is 67.5 cm³/mol. The van der Waals surface area contributed by atoms with Gasteiger partial charge in [0.05, 0.1) is 25.4 Å². The molecule has 1 heterocycles. The minimum atomic E-state index is -1.69. The van der Waals surface area contributed by atoms with E-state index in [1.165, 1.54) is 0 Å². The van der Waals surface area contributed by atoms with Gasteiger partial charge in [0, 0.05) is 11.6 Å². The first kappa shape index (κ1) is 15.7. The van der Waals surface area contributed by atoms with E-state index in [-0.39, 0.29) is 25.4 Å². The van der Waals surface area contributed by atoms with Crippen molar-refractivity contribution in [2.24, 2.45) is 0 Å². The van der Waals surface area contributed by atoms with E-state index in [1.807, 2.05) is 0 Å². The van der Waals surface area contributed by atoms with Crippen LogP contribution in [0.4, 0.5) is 13.2 Å². The summed E-state index contributed by atoms with van der Waals surface area (Å²) in [6, 6.07) is 0.441. The van der Waals surface area contributed by atoms with Crippen molar-refractivity contribution in [3.05, 3.63) is 34.6 Å². The largest absolute Gasteiger partial charge is 0.394 e. The van der Waals surface area contributed by atoms with E-state index in [2.05, 4.69) is 5.32 Å². The lowest BCUT2D eigenvalue weighted by molar-refractivity contribution is -0.0469. The molecule has 0 aliphatic carbocycles. The maximum Gasteiger partial charge on any atom is 0.195 e. The van der Waals surface area contributed by atoms with E-state index in [1.54, 1.807) is 6.92 Å². The molecule has 0 spiro atoms. The molecule has 1 aromatic rings. The molecule has 0 bridgehead atoms. The smallest absolute Gasteiger partial charge is 0.195 e. The third kappa shape index (κ3) is 3.17. The molecule has 1 aromatic carbocycles. The summed E-state index contributed by atoms with van der Waals surface area (Å²) in [6.45, 7) is 1.69. The lowest BCUT2D eigenvalue weighted by atomic mass is 10.1. The van der Waals surface area contributed by atoms with Crippen molar-refractivity contribution >= 4 is 5.84 Å². The van der Waals surface area contributed by atoms with E-state index in [9.17, 15) is 13.2 Å². The van der Waals surface area contributed by atoms with Gasteiger partial charge in [-0.25, -0.2) is 13.2 Å². The SMILES string of the molecule is C[C@@H](CO)NC(=N)c1cc(C2OCCO2)c(F)c(F)c1F. The van der Waals surface area contributed by atoms with Crippen molar-refractivity contribution in [1.82, 2.24) is 5.32 Å². The van der Waals surface area contributed by atoms with E-state index >= 15 is 0 Å². The van der Waals surface area contributed by atoms with Crippen molar-refractivity contribution in [3.8, 4) is 0 Å². The van der Waals surface area contributed by atoms with Crippen LogP contribution in [-0.2, 0) is 9.47 Å². The topological polar surface area (TPSA) is 74.6 Å². The first-order valence-electron chi connectivity index (χ1n) is 6.32. The Kier molecular flexibility index (Phi) is 4.81. The molecule has 0 radical (unpaired) electrons. The van der Waals surface area contributed by atoms with Gasteiger partial charge in [-0.05, 0) is 13.0 Å². The molecule has 2 rings (SSSR count). The number of rotatable bonds is 4. The molecule has 0 aromatic heterocycles. The summed E-state index contributed by atoms with van der Waals surface area (Å²) in [6.07, 6.45) is -1.12. The average Bonchev–Trinajstić information content (AvgIpc) is 2.98. The number of ether oxygens (including phenoxy) is 2. The van der Waals surface area contributed by atoms with Gasteiger partial charge in [0.1, 0.15) is 5.84 Å². The average molecular weight is 304 g/mol. The highest BCUT2D eigenvalue weighted by Crippen LogP contribution is 2.29. The van der Waals surface area contributed by atoms with Gasteiger partial charge in [-0.2, -0.15) is 0 Å². The van der Waals surface area contributed by atoms with Crippen LogP contribution in [0.1, 0.15) is 24.3 Å². The molecular formula is C13H15F3N2O3. The Balaban J connectivity index is 2.38. The van der Waals surface area contributed by atoms with E-state index in [4.69, 9.17) is 20.0 Å². The van der Waals surface area contributed by atoms with Gasteiger partial charge < -0.3 is 19.9 Å². The molecular weight excluding hydrogens is 289 g/mol. The number of hydrogen-bond donors (Lipinski definition) is 3. The zero-order valence-electron chi connectivity index (χ0n) is 11.3. The molecule has 1 aliphatic rings. The van der Waals surface area contributed by atoms with Crippen molar-refractivity contribution in [1.29, 1.82) is 5.41 Å². The number of benzene rings is 1. The van der Waals surface area contributed by atoms with Crippen LogP contribution in [0, 0.1) is 22.9 Å². The summed E-state index contributed by atoms with van der Waals surface area (Å²) in [5.74, 6) is -5.03. The Morgan fingerprint density at radius 2 is 1.95 bits per heavy atom. The third-order valence-corrected chi connectivity index (χ3v) is 2.98. The molecule has 116 valence electrons. The normalized spacial score (nSPS) is 17.0. The zero-order valence-corrected chi connectivity index (χ0v) is 11.3. The summed E-state index contributed by atoms with van der Waals surface area (Å²) >= 11 is 0. The summed E-state index contributed by atoms with van der Waals surface area (Å²) < 4.78 is 51.4. The summed E-state index contributed by atoms with van der Waals surface area (Å²) in [7, 11) is 0. The molecule has 8 heteroatoms. The third-order valence-electron chi connectivity index (χ3n) is 2.98. The van der Waals surface area contributed by atoms with Crippen LogP contribution < -0.4 is 5.32 Å². The fourth-order valence-corrected chi connectivity index (χ4v) is 1.88. The highest BCUT2D eigenvalue weighted by Gasteiger charge is 2.28. The van der Waals surface area contributed by atoms with Crippen LogP contribution >= 0.6 is 0 Å². The minimum absolute atomic E-state index is 0.218. The van der Waals surface area contributed by atoms with Gasteiger partial charge in [-0.1, -0.05) is 0 Å². The molecule has 1 fully saturated rings. The maximum absolute atomic E-state index is 13.8. The Morgan fingerprint density at radius 1 is 1.33 bits per heavy atom. The van der Waals surface area contributed by atoms with Gasteiger partial charge in [0.2, 0.25) is 0 Å². The number of aliphatic hydroxyl groups excluding tert-OH is 1. The van der Waals surface area contributed by atoms with Crippen LogP contribution in [0.2, 0.25) is 0 Å². The quantitative estimate of drug-likeness (QED) is 0.447. The van der Waals surface area contributed by atoms with Gasteiger partial charge in [0.25, 0.3) is 0 Å². The second kappa shape index (κ2) is 6.42. The van der Waals surface area contributed by atoms with Crippen molar-refractivity contribution < 1.29 is 27.8 Å². The lowest BCUT2D eigenvalue weighted by Crippen LogP contribution is -2.35. The van der Waals surface area contributed by atoms with E-state index in [0.29, 0.717) is 0 Å². The van der Waals surface area contributed by atoms with Crippen LogP contribution in [0.15, 0.2) is 6.07 Å². The summed E-state index contributed by atoms with van der Waals surface area (Å²) in [5.41, 5.74) is -0.757. The number of hydrogen-bond acceptors (Lipinski definition) is 4. The second-order valence-electron chi connectivity index (χ2n) is 4.63. The van der Waals surface area contributed by atoms with Crippen molar-refractivity contribution in [2.75, 3.05) is 19.8 Å². The van der Waals surface area contributed by atoms with Crippen molar-refractivity contribution in [3.63, 3.8) is 0 Å². The van der Waals surface area contributed by atoms with E-state index in [0.717, 1.165) is 6.07 Å². The zero-order chi connectivity index (χ0) is 15.6. The predicted octanol–water partition coefficient (Wildman–Crippen LogP) is 1.45. The molecule has 5 nitrogen and oxygen atoms in total. The molecule has 0 amide bonds. The first-order valence-corrected chi connectivity index (χ1v) is 6.32. The van der Waals surface area contributed by atoms with Gasteiger partial charge in [-0.3, -0.25) is 5.41 Å². The highest BCUT2D eigenvalue weighted by atomic mass is 19.2. The van der Waals surface area contributed by atoms with E-state index < -0.39 is 41.2 Å². The van der Waals surface area contributed by atoms with Gasteiger partial charge in [-0.15, -0.1) is 0 Å². The second-order valence-corrected chi connectivity index (χ2v) is 4.63. The molecule has 0 saturated carbocycles. The van der Waals surface area contributed by atoms with Gasteiger partial charge >= 0.3 is 0 Å². The summed E-state index contributed by atoms with van der Waals surface area (Å²) in [4.78, 5) is 0. The molecule has 1 saturated heterocycles. The molecule has 1 atom stereocenters. The number of halogens is 3. The Morgan fingerprint density at radius 3 is 2.52 bits per heavy atom. The number of aliphatic hydroxyl groups is 1. The van der Waals surface area contributed by atoms with Crippen LogP contribution in [0.3, 0.4) is 0 Å². The number of nitrogens with one attached hydrogen (secondary N) is 2. The standard InChI is InChI=1S/C13H15F3N2O3/c1-6(5-19)18-12(17)7-4-8(13-20-2-3-21-13)10(15)11(16)9(7)14/h4,6,13,19H,2-3,5H2,1H3,(H2,17,18)/t6-/m0/s1. The Hall–Kier alpha value is -1.64. The monoisotopic (exact) mass is 304 g/mol. The van der Waals surface area contributed by atoms with Crippen LogP contribution in [0.25, 0.3) is 0 Å². The first-order chi connectivity index (χ1) is 9.95.